The van der Waals surface area contributed by atoms with E-state index in [1.165, 1.54) is 11.8 Å². The van der Waals surface area contributed by atoms with Crippen LogP contribution < -0.4 is 10.1 Å². The van der Waals surface area contributed by atoms with Crippen molar-refractivity contribution >= 4 is 30.0 Å². The van der Waals surface area contributed by atoms with Crippen LogP contribution in [0.2, 0.25) is 0 Å². The number of carbonyl (C=O) groups is 2. The topological polar surface area (TPSA) is 78.9 Å². The molecule has 0 spiro atoms. The number of carboxylic acids is 1. The predicted molar refractivity (Wildman–Crippen MR) is 95.2 cm³/mol. The number of carboxylic acid groups (broad SMARTS) is 1. The van der Waals surface area contributed by atoms with E-state index in [9.17, 15) is 22.8 Å². The monoisotopic (exact) mass is 410 g/mol. The lowest BCUT2D eigenvalue weighted by atomic mass is 9.96. The van der Waals surface area contributed by atoms with Gasteiger partial charge in [0.25, 0.3) is 0 Å². The van der Waals surface area contributed by atoms with Gasteiger partial charge in [0.05, 0.1) is 24.5 Å². The average molecular weight is 411 g/mol. The minimum absolute atomic E-state index is 0. The van der Waals surface area contributed by atoms with Gasteiger partial charge in [-0.15, -0.1) is 12.4 Å². The van der Waals surface area contributed by atoms with E-state index in [2.05, 4.69) is 5.32 Å². The van der Waals surface area contributed by atoms with Gasteiger partial charge in [0.1, 0.15) is 5.75 Å². The second kappa shape index (κ2) is 9.27. The molecule has 6 nitrogen and oxygen atoms in total. The lowest BCUT2D eigenvalue weighted by molar-refractivity contribution is -0.188. The normalized spacial score (nSPS) is 21.2. The average Bonchev–Trinajstić information content (AvgIpc) is 3.02. The maximum Gasteiger partial charge on any atom is 0.393 e. The van der Waals surface area contributed by atoms with Crippen LogP contribution in [0.25, 0.3) is 0 Å². The van der Waals surface area contributed by atoms with Crippen molar-refractivity contribution in [1.82, 2.24) is 4.90 Å². The van der Waals surface area contributed by atoms with Gasteiger partial charge in [-0.25, -0.2) is 0 Å². The van der Waals surface area contributed by atoms with Crippen LogP contribution in [0.4, 0.5) is 18.9 Å². The zero-order valence-electron chi connectivity index (χ0n) is 14.8. The second-order valence-corrected chi connectivity index (χ2v) is 6.17. The van der Waals surface area contributed by atoms with E-state index in [0.717, 1.165) is 0 Å². The number of carbonyl (C=O) groups excluding carboxylic acids is 1. The number of amides is 1. The number of hydrogen-bond acceptors (Lipinski definition) is 4. The highest BCUT2D eigenvalue weighted by Gasteiger charge is 2.53. The summed E-state index contributed by atoms with van der Waals surface area (Å²) in [4.78, 5) is 24.7. The summed E-state index contributed by atoms with van der Waals surface area (Å²) >= 11 is 0. The van der Waals surface area contributed by atoms with Crippen molar-refractivity contribution in [2.45, 2.75) is 26.1 Å². The van der Waals surface area contributed by atoms with Crippen molar-refractivity contribution in [2.24, 2.45) is 11.8 Å². The summed E-state index contributed by atoms with van der Waals surface area (Å²) in [5.74, 6) is -4.93. The number of likely N-dealkylation sites (tertiary alicyclic amines) is 1. The van der Waals surface area contributed by atoms with Gasteiger partial charge >= 0.3 is 12.1 Å². The molecule has 2 N–H and O–H groups in total. The molecule has 152 valence electrons. The molecule has 0 aliphatic carbocycles. The minimum Gasteiger partial charge on any atom is -0.494 e. The van der Waals surface area contributed by atoms with Crippen LogP contribution in [0.1, 0.15) is 13.8 Å². The summed E-state index contributed by atoms with van der Waals surface area (Å²) in [6, 6.07) is 5.69. The Kier molecular flexibility index (Phi) is 7.91. The molecular weight excluding hydrogens is 389 g/mol. The zero-order valence-corrected chi connectivity index (χ0v) is 15.6. The van der Waals surface area contributed by atoms with Crippen LogP contribution >= 0.6 is 12.4 Å². The first-order chi connectivity index (χ1) is 12.1. The van der Waals surface area contributed by atoms with Crippen molar-refractivity contribution in [3.63, 3.8) is 0 Å². The SMILES string of the molecule is CCOc1ccc(NC(=O)C(C)N2C[C@@H](C(F)(F)F)[C@H](C(=O)O)C2)cc1.Cl. The molecule has 0 saturated carbocycles. The molecule has 2 rings (SSSR count). The minimum atomic E-state index is -4.62. The van der Waals surface area contributed by atoms with E-state index < -0.39 is 42.5 Å². The first-order valence-electron chi connectivity index (χ1n) is 8.20. The van der Waals surface area contributed by atoms with Crippen LogP contribution in [-0.4, -0.2) is 53.8 Å². The van der Waals surface area contributed by atoms with Gasteiger partial charge in [-0.2, -0.15) is 13.2 Å². The smallest absolute Gasteiger partial charge is 0.393 e. The third-order valence-corrected chi connectivity index (χ3v) is 4.45. The number of alkyl halides is 3. The Morgan fingerprint density at radius 2 is 1.89 bits per heavy atom. The van der Waals surface area contributed by atoms with Crippen molar-refractivity contribution in [3.8, 4) is 5.75 Å². The van der Waals surface area contributed by atoms with Gasteiger partial charge in [0.15, 0.2) is 0 Å². The third-order valence-electron chi connectivity index (χ3n) is 4.45. The fraction of sp³-hybridized carbons (Fsp3) is 0.529. The molecule has 1 aliphatic heterocycles. The summed E-state index contributed by atoms with van der Waals surface area (Å²) < 4.78 is 44.5. The largest absolute Gasteiger partial charge is 0.494 e. The van der Waals surface area contributed by atoms with Gasteiger partial charge in [-0.3, -0.25) is 14.5 Å². The van der Waals surface area contributed by atoms with E-state index in [0.29, 0.717) is 18.0 Å². The first-order valence-corrected chi connectivity index (χ1v) is 8.20. The summed E-state index contributed by atoms with van der Waals surface area (Å²) in [6.07, 6.45) is -4.62. The molecule has 1 heterocycles. The van der Waals surface area contributed by atoms with Crippen molar-refractivity contribution in [2.75, 3.05) is 25.0 Å². The number of benzene rings is 1. The van der Waals surface area contributed by atoms with Crippen LogP contribution in [-0.2, 0) is 9.59 Å². The molecule has 1 aromatic rings. The predicted octanol–water partition coefficient (Wildman–Crippen LogP) is 3.03. The van der Waals surface area contributed by atoms with E-state index in [4.69, 9.17) is 9.84 Å². The maximum absolute atomic E-state index is 13.1. The van der Waals surface area contributed by atoms with Crippen LogP contribution in [0.15, 0.2) is 24.3 Å². The van der Waals surface area contributed by atoms with E-state index in [1.54, 1.807) is 24.3 Å². The van der Waals surface area contributed by atoms with Gasteiger partial charge < -0.3 is 15.2 Å². The van der Waals surface area contributed by atoms with E-state index in [-0.39, 0.29) is 19.0 Å². The Morgan fingerprint density at radius 1 is 1.30 bits per heavy atom. The van der Waals surface area contributed by atoms with Crippen LogP contribution in [0, 0.1) is 11.8 Å². The lowest BCUT2D eigenvalue weighted by Crippen LogP contribution is -2.41. The van der Waals surface area contributed by atoms with E-state index >= 15 is 0 Å². The number of ether oxygens (including phenoxy) is 1. The Bertz CT molecular complexity index is 655. The molecule has 1 aliphatic rings. The molecule has 1 saturated heterocycles. The molecule has 0 aromatic heterocycles. The lowest BCUT2D eigenvalue weighted by Gasteiger charge is -2.23. The summed E-state index contributed by atoms with van der Waals surface area (Å²) in [5.41, 5.74) is 0.478. The molecule has 27 heavy (non-hydrogen) atoms. The van der Waals surface area contributed by atoms with Crippen LogP contribution in [0.3, 0.4) is 0 Å². The number of rotatable bonds is 6. The number of nitrogens with zero attached hydrogens (tertiary/aromatic N) is 1. The summed E-state index contributed by atoms with van der Waals surface area (Å²) in [7, 11) is 0. The number of nitrogens with one attached hydrogen (secondary N) is 1. The summed E-state index contributed by atoms with van der Waals surface area (Å²) in [6.45, 7) is 2.96. The Hall–Kier alpha value is -2.00. The molecule has 1 fully saturated rings. The zero-order chi connectivity index (χ0) is 19.5. The molecule has 1 amide bonds. The standard InChI is InChI=1S/C17H21F3N2O4.ClH/c1-3-26-12-6-4-11(5-7-12)21-15(23)10(2)22-8-13(16(24)25)14(9-22)17(18,19)20;/h4-7,10,13-14H,3,8-9H2,1-2H3,(H,21,23)(H,24,25);1H/t10?,13-,14-;/m1./s1. The number of anilines is 1. The summed E-state index contributed by atoms with van der Waals surface area (Å²) in [5, 5.41) is 11.7. The Balaban J connectivity index is 0.00000364. The molecule has 1 aromatic carbocycles. The second-order valence-electron chi connectivity index (χ2n) is 6.17. The highest BCUT2D eigenvalue weighted by Crippen LogP contribution is 2.38. The molecule has 10 heteroatoms. The number of halogens is 4. The fourth-order valence-corrected chi connectivity index (χ4v) is 2.95. The molecule has 1 unspecified atom stereocenters. The van der Waals surface area contributed by atoms with Crippen molar-refractivity contribution < 1.29 is 32.6 Å². The van der Waals surface area contributed by atoms with Gasteiger partial charge in [0.2, 0.25) is 5.91 Å². The molecule has 0 bridgehead atoms. The van der Waals surface area contributed by atoms with Gasteiger partial charge in [-0.05, 0) is 38.1 Å². The van der Waals surface area contributed by atoms with Crippen LogP contribution in [0.5, 0.6) is 5.75 Å². The number of hydrogen-bond donors (Lipinski definition) is 2. The Morgan fingerprint density at radius 3 is 2.33 bits per heavy atom. The molecule has 0 radical (unpaired) electrons. The quantitative estimate of drug-likeness (QED) is 0.753. The maximum atomic E-state index is 13.1. The molecular formula is C17H22ClF3N2O4. The van der Waals surface area contributed by atoms with Gasteiger partial charge in [-0.1, -0.05) is 0 Å². The number of aliphatic carboxylic acids is 1. The Labute approximate surface area is 161 Å². The third kappa shape index (κ3) is 5.74. The highest BCUT2D eigenvalue weighted by atomic mass is 35.5. The highest BCUT2D eigenvalue weighted by molar-refractivity contribution is 5.94. The fourth-order valence-electron chi connectivity index (χ4n) is 2.95. The van der Waals surface area contributed by atoms with Crippen molar-refractivity contribution in [3.05, 3.63) is 24.3 Å². The van der Waals surface area contributed by atoms with E-state index in [1.807, 2.05) is 6.92 Å². The van der Waals surface area contributed by atoms with Gasteiger partial charge in [0, 0.05) is 18.8 Å². The molecule has 3 atom stereocenters. The van der Waals surface area contributed by atoms with Crippen molar-refractivity contribution in [1.29, 1.82) is 0 Å². The first kappa shape index (κ1) is 23.0.